The fourth-order valence-corrected chi connectivity index (χ4v) is 9.20. The van der Waals surface area contributed by atoms with Crippen LogP contribution in [0.1, 0.15) is 52.7 Å². The third-order valence-corrected chi connectivity index (χ3v) is 13.3. The molecule has 20 heteroatoms. The minimum absolute atomic E-state index is 0. The molecule has 12 aromatic rings. The molecule has 0 amide bonds. The van der Waals surface area contributed by atoms with E-state index >= 15 is 0 Å². The molecule has 0 saturated heterocycles. The maximum atomic E-state index is 13.7. The van der Waals surface area contributed by atoms with E-state index in [4.69, 9.17) is 16.8 Å². The van der Waals surface area contributed by atoms with E-state index < -0.39 is 29.2 Å². The molecule has 13 rings (SSSR count). The van der Waals surface area contributed by atoms with Gasteiger partial charge in [-0.3, -0.25) is 28.2 Å². The fraction of sp³-hybridized carbons (Fsp3) is 0.0897. The summed E-state index contributed by atoms with van der Waals surface area (Å²) in [5.41, 5.74) is 11.6. The number of hydrogen-bond donors (Lipinski definition) is 2. The Balaban J connectivity index is 0.000000402. The first-order valence-electron chi connectivity index (χ1n) is 28.7. The van der Waals surface area contributed by atoms with Crippen LogP contribution in [0, 0.1) is 60.4 Å². The molecular weight excluding hydrogens is 2140 g/mol. The standard InChI is InChI=1S/C24H18N.C12H5F2N2.2C11H8N.C10H5F2N2.2C5H8O2.5Ir/c1-24(2)21-10-6-5-9-19(21)20-12-11-17(15-22(20)24)23-18-8-4-3-7-16(18)13-14-25-23;1-15-12-9(13)6-5-8(11(12)14)10-4-2-3-7-16-10;2*1-2-6-10(7-3-1)11-8-4-5-9-12-11;11-9-5-4-7(10(12)14-9)8-3-1-2-6-13-8;2*1-4(6)3-5(2)7;;;;;/h3-10,12-15H,1-2H3;2-4,6-7H;2*1-6,8-9H;1-3,5-6H;2*3,6H,1-2H3;;;;;/q5*-1;;;;;;;. The number of benzene rings is 6. The van der Waals surface area contributed by atoms with Crippen molar-refractivity contribution in [1.29, 1.82) is 0 Å². The summed E-state index contributed by atoms with van der Waals surface area (Å²) in [6.07, 6.45) is 10.8. The normalized spacial score (nSPS) is 10.7. The molecule has 0 atom stereocenters. The van der Waals surface area contributed by atoms with Crippen molar-refractivity contribution >= 4 is 28.0 Å². The molecule has 6 aromatic carbocycles. The van der Waals surface area contributed by atoms with Crippen molar-refractivity contribution in [3.8, 4) is 67.4 Å². The molecular formula is C78H60F4Ir5N7O4-5. The van der Waals surface area contributed by atoms with Gasteiger partial charge in [0.1, 0.15) is 11.9 Å². The van der Waals surface area contributed by atoms with E-state index in [-0.39, 0.29) is 140 Å². The largest absolute Gasteiger partial charge is 0.512 e. The van der Waals surface area contributed by atoms with Gasteiger partial charge in [0.15, 0.2) is 17.3 Å². The van der Waals surface area contributed by atoms with Gasteiger partial charge >= 0.3 is 0 Å². The third-order valence-electron chi connectivity index (χ3n) is 13.3. The summed E-state index contributed by atoms with van der Waals surface area (Å²) < 4.78 is 52.3. The van der Waals surface area contributed by atoms with Crippen molar-refractivity contribution in [2.24, 2.45) is 0 Å². The van der Waals surface area contributed by atoms with Gasteiger partial charge in [-0.05, 0) is 108 Å². The number of aliphatic hydroxyl groups excluding tert-OH is 2. The van der Waals surface area contributed by atoms with Crippen molar-refractivity contribution in [2.45, 2.75) is 47.0 Å². The first-order valence-corrected chi connectivity index (χ1v) is 28.7. The molecule has 0 unspecified atom stereocenters. The third kappa shape index (κ3) is 25.3. The Bertz CT molecular complexity index is 4360. The van der Waals surface area contributed by atoms with Gasteiger partial charge in [-0.25, -0.2) is 8.78 Å². The van der Waals surface area contributed by atoms with Crippen molar-refractivity contribution in [2.75, 3.05) is 0 Å². The van der Waals surface area contributed by atoms with Gasteiger partial charge in [0.25, 0.3) is 0 Å². The van der Waals surface area contributed by atoms with Crippen LogP contribution in [0.5, 0.6) is 0 Å². The molecule has 1 aliphatic carbocycles. The summed E-state index contributed by atoms with van der Waals surface area (Å²) in [5, 5.41) is 19.1. The Morgan fingerprint density at radius 2 is 0.949 bits per heavy atom. The number of fused-ring (bicyclic) bond motifs is 4. The Labute approximate surface area is 635 Å². The molecule has 2 N–H and O–H groups in total. The Morgan fingerprint density at radius 3 is 1.41 bits per heavy atom. The SMILES string of the molecule is CC(=O)C=C(C)O.CC(=O)C=C(C)O.CC1(C)c2ccccc2-c2c[c-]c(-c3nccc4ccccc34)cc21.Fc1c[c-]c(-c2ccccn2)c(F)n1.[C-]#[N+]c1c(F)c[c-]c(-c2ccccn2)c1F.[Ir].[Ir].[Ir].[Ir].[Ir].[c-]1ccccc1-c1ccccn1.[c-]1ccccc1-c1ccccn1. The van der Waals surface area contributed by atoms with Crippen LogP contribution in [0.3, 0.4) is 0 Å². The van der Waals surface area contributed by atoms with Crippen LogP contribution >= 0.6 is 0 Å². The Morgan fingerprint density at radius 1 is 0.480 bits per heavy atom. The number of allylic oxidation sites excluding steroid dienone is 4. The molecule has 5 radical (unpaired) electrons. The van der Waals surface area contributed by atoms with E-state index in [1.54, 1.807) is 48.8 Å². The number of carbonyl (C=O) groups is 2. The van der Waals surface area contributed by atoms with E-state index in [9.17, 15) is 27.2 Å². The molecule has 0 aliphatic heterocycles. The number of hydrogen-bond acceptors (Lipinski definition) is 10. The zero-order valence-electron chi connectivity index (χ0n) is 53.1. The van der Waals surface area contributed by atoms with Gasteiger partial charge in [-0.1, -0.05) is 134 Å². The molecule has 0 saturated carbocycles. The van der Waals surface area contributed by atoms with Crippen molar-refractivity contribution in [1.82, 2.24) is 29.9 Å². The van der Waals surface area contributed by atoms with Crippen LogP contribution in [0.2, 0.25) is 0 Å². The average molecular weight is 2200 g/mol. The second-order valence-corrected chi connectivity index (χ2v) is 20.6. The zero-order chi connectivity index (χ0) is 66.7. The number of rotatable bonds is 7. The second-order valence-electron chi connectivity index (χ2n) is 20.6. The molecule has 6 heterocycles. The summed E-state index contributed by atoms with van der Waals surface area (Å²) in [6.45, 7) is 17.0. The van der Waals surface area contributed by atoms with E-state index in [0.717, 1.165) is 45.9 Å². The van der Waals surface area contributed by atoms with E-state index in [0.29, 0.717) is 11.4 Å². The number of ketones is 2. The first kappa shape index (κ1) is 85.4. The molecule has 509 valence electrons. The van der Waals surface area contributed by atoms with Gasteiger partial charge in [0.05, 0.1) is 18.1 Å². The average Bonchev–Trinajstić information content (AvgIpc) is 1.58. The van der Waals surface area contributed by atoms with Gasteiger partial charge in [-0.2, -0.15) is 0 Å². The smallest absolute Gasteiger partial charge is 0.176 e. The number of aliphatic hydroxyl groups is 2. The number of carbonyl (C=O) groups excluding carboxylic acids is 2. The molecule has 11 nitrogen and oxygen atoms in total. The summed E-state index contributed by atoms with van der Waals surface area (Å²) in [6, 6.07) is 77.5. The number of pyridine rings is 6. The van der Waals surface area contributed by atoms with E-state index in [1.807, 2.05) is 91.1 Å². The predicted octanol–water partition coefficient (Wildman–Crippen LogP) is 18.8. The molecule has 6 aromatic heterocycles. The first-order chi connectivity index (χ1) is 44.9. The van der Waals surface area contributed by atoms with E-state index in [2.05, 4.69) is 146 Å². The van der Waals surface area contributed by atoms with Crippen molar-refractivity contribution in [3.05, 3.63) is 331 Å². The quantitative estimate of drug-likeness (QED) is 0.0518. The monoisotopic (exact) mass is 2200 g/mol. The van der Waals surface area contributed by atoms with Crippen LogP contribution in [-0.2, 0) is 116 Å². The summed E-state index contributed by atoms with van der Waals surface area (Å²) in [4.78, 5) is 46.8. The molecule has 0 fully saturated rings. The van der Waals surface area contributed by atoms with Gasteiger partial charge in [0.2, 0.25) is 0 Å². The van der Waals surface area contributed by atoms with Crippen LogP contribution < -0.4 is 0 Å². The van der Waals surface area contributed by atoms with Crippen LogP contribution in [0.4, 0.5) is 23.2 Å². The summed E-state index contributed by atoms with van der Waals surface area (Å²) in [5.74, 6) is -3.74. The minimum atomic E-state index is -0.922. The van der Waals surface area contributed by atoms with Crippen molar-refractivity contribution < 1.29 is 138 Å². The maximum absolute atomic E-state index is 13.7. The predicted molar refractivity (Wildman–Crippen MR) is 356 cm³/mol. The van der Waals surface area contributed by atoms with Crippen molar-refractivity contribution in [3.63, 3.8) is 0 Å². The minimum Gasteiger partial charge on any atom is -0.512 e. The topological polar surface area (TPSA) is 156 Å². The summed E-state index contributed by atoms with van der Waals surface area (Å²) >= 11 is 0. The van der Waals surface area contributed by atoms with Gasteiger partial charge < -0.3 is 35.1 Å². The number of halogens is 4. The molecule has 98 heavy (non-hydrogen) atoms. The Hall–Kier alpha value is -8.64. The zero-order valence-corrected chi connectivity index (χ0v) is 65.1. The number of aromatic nitrogens is 6. The van der Waals surface area contributed by atoms with Crippen LogP contribution in [-0.4, -0.2) is 51.7 Å². The fourth-order valence-electron chi connectivity index (χ4n) is 9.20. The molecule has 1 aliphatic rings. The molecule has 0 spiro atoms. The van der Waals surface area contributed by atoms with Crippen LogP contribution in [0.15, 0.2) is 255 Å². The van der Waals surface area contributed by atoms with Gasteiger partial charge in [0, 0.05) is 155 Å². The molecule has 0 bridgehead atoms. The summed E-state index contributed by atoms with van der Waals surface area (Å²) in [7, 11) is 0. The second kappa shape index (κ2) is 43.6. The Kier molecular flexibility index (Phi) is 38.0. The number of nitrogens with zero attached hydrogens (tertiary/aromatic N) is 7. The maximum Gasteiger partial charge on any atom is 0.176 e. The van der Waals surface area contributed by atoms with Crippen LogP contribution in [0.25, 0.3) is 83.0 Å². The van der Waals surface area contributed by atoms with Gasteiger partial charge in [-0.15, -0.1) is 125 Å². The van der Waals surface area contributed by atoms with E-state index in [1.165, 1.54) is 85.3 Å².